The predicted molar refractivity (Wildman–Crippen MR) is 116 cm³/mol. The summed E-state index contributed by atoms with van der Waals surface area (Å²) in [5, 5.41) is 0. The molecule has 0 bridgehead atoms. The normalized spacial score (nSPS) is 12.1. The third-order valence-electron chi connectivity index (χ3n) is 4.53. The summed E-state index contributed by atoms with van der Waals surface area (Å²) in [6, 6.07) is 25.7. The van der Waals surface area contributed by atoms with Crippen LogP contribution in [0.3, 0.4) is 0 Å². The van der Waals surface area contributed by atoms with Crippen LogP contribution in [-0.2, 0) is 5.41 Å². The molecule has 3 rings (SSSR count). The molecular formula is C26H30O. The first-order chi connectivity index (χ1) is 12.6. The number of ether oxygens (including phenoxy) is 1. The van der Waals surface area contributed by atoms with Gasteiger partial charge in [0.15, 0.2) is 0 Å². The molecule has 0 N–H and O–H groups in total. The molecule has 1 heteroatoms. The van der Waals surface area contributed by atoms with Crippen LogP contribution in [0, 0.1) is 0 Å². The Kier molecular flexibility index (Phi) is 5.15. The number of rotatable bonds is 3. The monoisotopic (exact) mass is 358 g/mol. The molecule has 0 radical (unpaired) electrons. The molecule has 1 nitrogen and oxygen atoms in total. The van der Waals surface area contributed by atoms with Gasteiger partial charge in [0.05, 0.1) is 0 Å². The lowest BCUT2D eigenvalue weighted by molar-refractivity contribution is 0.132. The fraction of sp³-hybridized carbons (Fsp3) is 0.308. The lowest BCUT2D eigenvalue weighted by Gasteiger charge is -2.29. The zero-order valence-corrected chi connectivity index (χ0v) is 17.3. The van der Waals surface area contributed by atoms with Gasteiger partial charge < -0.3 is 4.74 Å². The molecule has 0 spiro atoms. The molecular weight excluding hydrogens is 328 g/mol. The van der Waals surface area contributed by atoms with Gasteiger partial charge in [-0.1, -0.05) is 81.4 Å². The van der Waals surface area contributed by atoms with Crippen LogP contribution < -0.4 is 4.74 Å². The van der Waals surface area contributed by atoms with Crippen molar-refractivity contribution in [2.24, 2.45) is 0 Å². The van der Waals surface area contributed by atoms with E-state index in [1.807, 2.05) is 0 Å². The molecule has 0 amide bonds. The second-order valence-corrected chi connectivity index (χ2v) is 9.10. The van der Waals surface area contributed by atoms with Crippen molar-refractivity contribution in [1.82, 2.24) is 0 Å². The van der Waals surface area contributed by atoms with Crippen molar-refractivity contribution in [3.63, 3.8) is 0 Å². The van der Waals surface area contributed by atoms with E-state index in [1.165, 1.54) is 16.7 Å². The highest BCUT2D eigenvalue weighted by Crippen LogP contribution is 2.44. The van der Waals surface area contributed by atoms with E-state index in [0.717, 1.165) is 16.9 Å². The van der Waals surface area contributed by atoms with Gasteiger partial charge in [-0.2, -0.15) is 0 Å². The molecule has 0 aliphatic rings. The topological polar surface area (TPSA) is 9.23 Å². The summed E-state index contributed by atoms with van der Waals surface area (Å²) in [6.07, 6.45) is 0. The second kappa shape index (κ2) is 7.23. The Morgan fingerprint density at radius 2 is 1.00 bits per heavy atom. The van der Waals surface area contributed by atoms with Gasteiger partial charge in [0, 0.05) is 11.1 Å². The van der Waals surface area contributed by atoms with Crippen molar-refractivity contribution >= 4 is 0 Å². The maximum Gasteiger partial charge on any atom is 0.135 e. The number of hydrogen-bond donors (Lipinski definition) is 0. The largest absolute Gasteiger partial charge is 0.487 e. The average molecular weight is 359 g/mol. The minimum absolute atomic E-state index is 0.0489. The summed E-state index contributed by atoms with van der Waals surface area (Å²) >= 11 is 0. The van der Waals surface area contributed by atoms with Crippen molar-refractivity contribution in [3.8, 4) is 28.0 Å². The second-order valence-electron chi connectivity index (χ2n) is 9.10. The van der Waals surface area contributed by atoms with Crippen LogP contribution in [0.25, 0.3) is 22.3 Å². The van der Waals surface area contributed by atoms with E-state index in [2.05, 4.69) is 114 Å². The van der Waals surface area contributed by atoms with Gasteiger partial charge in [-0.05, 0) is 55.0 Å². The van der Waals surface area contributed by atoms with Crippen molar-refractivity contribution in [3.05, 3.63) is 78.4 Å². The van der Waals surface area contributed by atoms with Crippen LogP contribution in [0.5, 0.6) is 5.75 Å². The predicted octanol–water partition coefficient (Wildman–Crippen LogP) is 7.50. The third kappa shape index (κ3) is 4.60. The van der Waals surface area contributed by atoms with E-state index in [4.69, 9.17) is 4.74 Å². The molecule has 0 saturated heterocycles. The highest BCUT2D eigenvalue weighted by Gasteiger charge is 2.24. The fourth-order valence-corrected chi connectivity index (χ4v) is 3.14. The van der Waals surface area contributed by atoms with Gasteiger partial charge in [-0.25, -0.2) is 0 Å². The molecule has 3 aromatic rings. The maximum atomic E-state index is 6.54. The summed E-state index contributed by atoms with van der Waals surface area (Å²) < 4.78 is 6.54. The van der Waals surface area contributed by atoms with E-state index in [1.54, 1.807) is 0 Å². The van der Waals surface area contributed by atoms with Crippen LogP contribution in [0.2, 0.25) is 0 Å². The molecule has 140 valence electrons. The lowest BCUT2D eigenvalue weighted by Crippen LogP contribution is -2.24. The molecule has 0 unspecified atom stereocenters. The first-order valence-corrected chi connectivity index (χ1v) is 9.63. The molecule has 0 heterocycles. The molecule has 0 saturated carbocycles. The van der Waals surface area contributed by atoms with E-state index in [-0.39, 0.29) is 11.0 Å². The van der Waals surface area contributed by atoms with Crippen molar-refractivity contribution in [2.45, 2.75) is 52.6 Å². The summed E-state index contributed by atoms with van der Waals surface area (Å²) in [6.45, 7) is 13.1. The van der Waals surface area contributed by atoms with Crippen molar-refractivity contribution < 1.29 is 4.74 Å². The third-order valence-corrected chi connectivity index (χ3v) is 4.53. The lowest BCUT2D eigenvalue weighted by atomic mass is 9.82. The van der Waals surface area contributed by atoms with Gasteiger partial charge in [0.2, 0.25) is 0 Å². The van der Waals surface area contributed by atoms with Crippen LogP contribution in [-0.4, -0.2) is 5.60 Å². The quantitative estimate of drug-likeness (QED) is 0.471. The fourth-order valence-electron chi connectivity index (χ4n) is 3.14. The molecule has 0 fully saturated rings. The van der Waals surface area contributed by atoms with Crippen molar-refractivity contribution in [2.75, 3.05) is 0 Å². The number of hydrogen-bond acceptors (Lipinski definition) is 1. The van der Waals surface area contributed by atoms with Crippen LogP contribution in [0.1, 0.15) is 47.1 Å². The maximum absolute atomic E-state index is 6.54. The van der Waals surface area contributed by atoms with Gasteiger partial charge in [-0.15, -0.1) is 0 Å². The van der Waals surface area contributed by atoms with Crippen LogP contribution in [0.4, 0.5) is 0 Å². The Morgan fingerprint density at radius 1 is 0.593 bits per heavy atom. The van der Waals surface area contributed by atoms with E-state index in [9.17, 15) is 0 Å². The van der Waals surface area contributed by atoms with Gasteiger partial charge >= 0.3 is 0 Å². The van der Waals surface area contributed by atoms with Crippen LogP contribution in [0.15, 0.2) is 72.8 Å². The van der Waals surface area contributed by atoms with Crippen molar-refractivity contribution in [1.29, 1.82) is 0 Å². The Balaban J connectivity index is 2.36. The summed E-state index contributed by atoms with van der Waals surface area (Å²) in [5.41, 5.74) is 5.74. The SMILES string of the molecule is CC(C)(C)Oc1c(-c2ccccc2)cc(C(C)(C)C)cc1-c1ccccc1. The van der Waals surface area contributed by atoms with E-state index in [0.29, 0.717) is 0 Å². The first kappa shape index (κ1) is 19.2. The van der Waals surface area contributed by atoms with E-state index >= 15 is 0 Å². The summed E-state index contributed by atoms with van der Waals surface area (Å²) in [7, 11) is 0. The van der Waals surface area contributed by atoms with Gasteiger partial charge in [-0.3, -0.25) is 0 Å². The van der Waals surface area contributed by atoms with Gasteiger partial charge in [0.25, 0.3) is 0 Å². The molecule has 0 aliphatic carbocycles. The Hall–Kier alpha value is -2.54. The summed E-state index contributed by atoms with van der Waals surface area (Å²) in [5.74, 6) is 0.952. The smallest absolute Gasteiger partial charge is 0.135 e. The van der Waals surface area contributed by atoms with Crippen LogP contribution >= 0.6 is 0 Å². The highest BCUT2D eigenvalue weighted by atomic mass is 16.5. The van der Waals surface area contributed by atoms with Gasteiger partial charge in [0.1, 0.15) is 11.4 Å². The molecule has 0 atom stereocenters. The standard InChI is InChI=1S/C26H30O/c1-25(2,3)21-17-22(19-13-9-7-10-14-19)24(27-26(4,5)6)23(18-21)20-15-11-8-12-16-20/h7-18H,1-6H3. The number of benzene rings is 3. The zero-order chi connectivity index (χ0) is 19.7. The summed E-state index contributed by atoms with van der Waals surface area (Å²) in [4.78, 5) is 0. The Labute approximate surface area is 164 Å². The van der Waals surface area contributed by atoms with E-state index < -0.39 is 0 Å². The minimum Gasteiger partial charge on any atom is -0.487 e. The molecule has 0 aromatic heterocycles. The molecule has 3 aromatic carbocycles. The Bertz CT molecular complexity index is 834. The molecule has 0 aliphatic heterocycles. The first-order valence-electron chi connectivity index (χ1n) is 9.63. The minimum atomic E-state index is -0.281. The Morgan fingerprint density at radius 3 is 1.33 bits per heavy atom. The average Bonchev–Trinajstić information content (AvgIpc) is 2.61. The zero-order valence-electron chi connectivity index (χ0n) is 17.3. The highest BCUT2D eigenvalue weighted by molar-refractivity contribution is 5.83. The molecule has 27 heavy (non-hydrogen) atoms.